The molecule has 30 heavy (non-hydrogen) atoms. The van der Waals surface area contributed by atoms with Gasteiger partial charge in [0.05, 0.1) is 6.04 Å². The maximum Gasteiger partial charge on any atom is 0.409 e. The first-order valence-corrected chi connectivity index (χ1v) is 9.81. The lowest BCUT2D eigenvalue weighted by Gasteiger charge is -2.26. The Morgan fingerprint density at radius 1 is 0.900 bits per heavy atom. The van der Waals surface area contributed by atoms with E-state index in [1.165, 1.54) is 7.11 Å². The Balaban J connectivity index is 1.99. The molecule has 2 amide bonds. The number of carbonyl (C=O) groups excluding carboxylic acids is 2. The number of nitrogens with one attached hydrogen (secondary N) is 2. The van der Waals surface area contributed by atoms with Crippen LogP contribution in [-0.2, 0) is 20.8 Å². The van der Waals surface area contributed by atoms with Gasteiger partial charge in [-0.3, -0.25) is 5.32 Å². The van der Waals surface area contributed by atoms with Crippen LogP contribution < -0.4 is 10.6 Å². The summed E-state index contributed by atoms with van der Waals surface area (Å²) < 4.78 is 16.0. The summed E-state index contributed by atoms with van der Waals surface area (Å²) in [6.45, 7) is 5.55. The summed E-state index contributed by atoms with van der Waals surface area (Å²) >= 11 is 0. The van der Waals surface area contributed by atoms with E-state index in [0.717, 1.165) is 11.1 Å². The van der Waals surface area contributed by atoms with Crippen LogP contribution in [0.25, 0.3) is 0 Å². The predicted molar refractivity (Wildman–Crippen MR) is 114 cm³/mol. The highest BCUT2D eigenvalue weighted by atomic mass is 16.6. The minimum atomic E-state index is -0.673. The molecule has 0 aliphatic rings. The minimum Gasteiger partial charge on any atom is -0.445 e. The molecule has 0 radical (unpaired) electrons. The molecule has 7 nitrogen and oxygen atoms in total. The molecule has 0 saturated heterocycles. The van der Waals surface area contributed by atoms with E-state index in [1.807, 2.05) is 60.7 Å². The quantitative estimate of drug-likeness (QED) is 0.620. The lowest BCUT2D eigenvalue weighted by molar-refractivity contribution is 0.0371. The third kappa shape index (κ3) is 8.53. The monoisotopic (exact) mass is 414 g/mol. The van der Waals surface area contributed by atoms with Gasteiger partial charge in [-0.25, -0.2) is 9.59 Å². The van der Waals surface area contributed by atoms with Crippen LogP contribution in [0.2, 0.25) is 0 Å². The van der Waals surface area contributed by atoms with E-state index in [4.69, 9.17) is 14.2 Å². The molecule has 0 heterocycles. The number of hydrogen-bond acceptors (Lipinski definition) is 5. The van der Waals surface area contributed by atoms with E-state index in [0.29, 0.717) is 6.42 Å². The van der Waals surface area contributed by atoms with Crippen LogP contribution in [0.5, 0.6) is 0 Å². The maximum atomic E-state index is 12.3. The standard InChI is InChI=1S/C23H30N2O5/c1-23(2,3)30-22(27)24-19(18-13-9-6-10-14-18)15-20(28-4)25-21(26)29-16-17-11-7-5-8-12-17/h5-14,19-20H,15-16H2,1-4H3,(H,24,27)(H,25,26)/t19-,20-/m0/s1. The fourth-order valence-electron chi connectivity index (χ4n) is 2.74. The summed E-state index contributed by atoms with van der Waals surface area (Å²) in [4.78, 5) is 24.5. The van der Waals surface area contributed by atoms with E-state index < -0.39 is 30.1 Å². The lowest BCUT2D eigenvalue weighted by Crippen LogP contribution is -2.41. The Bertz CT molecular complexity index is 790. The smallest absolute Gasteiger partial charge is 0.409 e. The third-order valence-electron chi connectivity index (χ3n) is 4.12. The molecule has 162 valence electrons. The molecule has 0 unspecified atom stereocenters. The molecule has 2 atom stereocenters. The molecule has 2 aromatic rings. The number of amides is 2. The van der Waals surface area contributed by atoms with Gasteiger partial charge in [0.1, 0.15) is 18.4 Å². The average Bonchev–Trinajstić information content (AvgIpc) is 2.71. The van der Waals surface area contributed by atoms with Crippen molar-refractivity contribution in [3.8, 4) is 0 Å². The summed E-state index contributed by atoms with van der Waals surface area (Å²) in [5.41, 5.74) is 1.13. The summed E-state index contributed by atoms with van der Waals surface area (Å²) in [5.74, 6) is 0. The van der Waals surface area contributed by atoms with E-state index in [2.05, 4.69) is 10.6 Å². The summed E-state index contributed by atoms with van der Waals surface area (Å²) in [6, 6.07) is 18.4. The molecule has 0 fully saturated rings. The highest BCUT2D eigenvalue weighted by molar-refractivity contribution is 5.69. The van der Waals surface area contributed by atoms with Crippen molar-refractivity contribution >= 4 is 12.2 Å². The van der Waals surface area contributed by atoms with Crippen LogP contribution in [0.1, 0.15) is 44.4 Å². The van der Waals surface area contributed by atoms with Crippen LogP contribution in [-0.4, -0.2) is 31.1 Å². The van der Waals surface area contributed by atoms with Gasteiger partial charge >= 0.3 is 12.2 Å². The Labute approximate surface area is 177 Å². The third-order valence-corrected chi connectivity index (χ3v) is 4.12. The predicted octanol–water partition coefficient (Wildman–Crippen LogP) is 4.54. The molecule has 0 bridgehead atoms. The zero-order chi connectivity index (χ0) is 22.0. The zero-order valence-electron chi connectivity index (χ0n) is 17.9. The van der Waals surface area contributed by atoms with Crippen LogP contribution in [0, 0.1) is 0 Å². The summed E-state index contributed by atoms with van der Waals surface area (Å²) in [5, 5.41) is 5.54. The minimum absolute atomic E-state index is 0.154. The number of rotatable bonds is 8. The van der Waals surface area contributed by atoms with Gasteiger partial charge in [-0.1, -0.05) is 60.7 Å². The van der Waals surface area contributed by atoms with Crippen molar-refractivity contribution in [3.63, 3.8) is 0 Å². The average molecular weight is 415 g/mol. The number of hydrogen-bond donors (Lipinski definition) is 2. The molecular formula is C23H30N2O5. The van der Waals surface area contributed by atoms with Crippen LogP contribution in [0.4, 0.5) is 9.59 Å². The molecule has 2 rings (SSSR count). The molecule has 0 spiro atoms. The Morgan fingerprint density at radius 3 is 2.07 bits per heavy atom. The molecule has 2 N–H and O–H groups in total. The van der Waals surface area contributed by atoms with E-state index in [9.17, 15) is 9.59 Å². The normalized spacial score (nSPS) is 13.1. The molecule has 0 aliphatic carbocycles. The number of methoxy groups -OCH3 is 1. The van der Waals surface area contributed by atoms with Crippen LogP contribution in [0.15, 0.2) is 60.7 Å². The van der Waals surface area contributed by atoms with Crippen LogP contribution >= 0.6 is 0 Å². The molecule has 2 aromatic carbocycles. The Kier molecular flexibility index (Phi) is 8.68. The van der Waals surface area contributed by atoms with Gasteiger partial charge in [0.2, 0.25) is 0 Å². The molecule has 0 aliphatic heterocycles. The molecule has 0 saturated carbocycles. The van der Waals surface area contributed by atoms with Crippen molar-refractivity contribution in [1.29, 1.82) is 0 Å². The maximum absolute atomic E-state index is 12.3. The van der Waals surface area contributed by atoms with Gasteiger partial charge in [-0.2, -0.15) is 0 Å². The van der Waals surface area contributed by atoms with Crippen molar-refractivity contribution in [2.24, 2.45) is 0 Å². The van der Waals surface area contributed by atoms with Gasteiger partial charge in [0.15, 0.2) is 0 Å². The van der Waals surface area contributed by atoms with Gasteiger partial charge in [-0.15, -0.1) is 0 Å². The number of carbonyl (C=O) groups is 2. The second-order valence-electron chi connectivity index (χ2n) is 7.78. The summed E-state index contributed by atoms with van der Waals surface area (Å²) in [6.07, 6.45) is -1.53. The van der Waals surface area contributed by atoms with Gasteiger partial charge in [-0.05, 0) is 31.9 Å². The van der Waals surface area contributed by atoms with Crippen molar-refractivity contribution in [1.82, 2.24) is 10.6 Å². The highest BCUT2D eigenvalue weighted by Gasteiger charge is 2.24. The van der Waals surface area contributed by atoms with Gasteiger partial charge in [0.25, 0.3) is 0 Å². The second-order valence-corrected chi connectivity index (χ2v) is 7.78. The van der Waals surface area contributed by atoms with E-state index in [-0.39, 0.29) is 6.61 Å². The van der Waals surface area contributed by atoms with Crippen molar-refractivity contribution < 1.29 is 23.8 Å². The van der Waals surface area contributed by atoms with Crippen molar-refractivity contribution in [2.45, 2.75) is 51.7 Å². The first-order chi connectivity index (χ1) is 14.3. The van der Waals surface area contributed by atoms with Crippen molar-refractivity contribution in [3.05, 3.63) is 71.8 Å². The molecule has 7 heteroatoms. The Morgan fingerprint density at radius 2 is 1.50 bits per heavy atom. The first kappa shape index (κ1) is 23.2. The first-order valence-electron chi connectivity index (χ1n) is 9.81. The van der Waals surface area contributed by atoms with E-state index >= 15 is 0 Å². The number of benzene rings is 2. The highest BCUT2D eigenvalue weighted by Crippen LogP contribution is 2.20. The van der Waals surface area contributed by atoms with Crippen LogP contribution in [0.3, 0.4) is 0 Å². The topological polar surface area (TPSA) is 85.9 Å². The Hall–Kier alpha value is -3.06. The second kappa shape index (κ2) is 11.2. The summed E-state index contributed by atoms with van der Waals surface area (Å²) in [7, 11) is 1.48. The fraction of sp³-hybridized carbons (Fsp3) is 0.391. The van der Waals surface area contributed by atoms with Crippen molar-refractivity contribution in [2.75, 3.05) is 7.11 Å². The SMILES string of the molecule is CO[C@@H](C[C@H](NC(=O)OC(C)(C)C)c1ccccc1)NC(=O)OCc1ccccc1. The number of ether oxygens (including phenoxy) is 3. The lowest BCUT2D eigenvalue weighted by atomic mass is 10.0. The molecule has 0 aromatic heterocycles. The number of alkyl carbamates (subject to hydrolysis) is 2. The fourth-order valence-corrected chi connectivity index (χ4v) is 2.74. The zero-order valence-corrected chi connectivity index (χ0v) is 17.9. The molecular weight excluding hydrogens is 384 g/mol. The van der Waals surface area contributed by atoms with E-state index in [1.54, 1.807) is 20.8 Å². The largest absolute Gasteiger partial charge is 0.445 e. The van der Waals surface area contributed by atoms with Gasteiger partial charge in [0, 0.05) is 13.5 Å². The van der Waals surface area contributed by atoms with Gasteiger partial charge < -0.3 is 19.5 Å².